The summed E-state index contributed by atoms with van der Waals surface area (Å²) >= 11 is 0. The summed E-state index contributed by atoms with van der Waals surface area (Å²) in [6.07, 6.45) is -3.40. The molecule has 350 valence electrons. The van der Waals surface area contributed by atoms with Crippen molar-refractivity contribution in [2.24, 2.45) is 7.05 Å². The van der Waals surface area contributed by atoms with Gasteiger partial charge in [0.15, 0.2) is 29.7 Å². The molecule has 1 atom stereocenters. The van der Waals surface area contributed by atoms with Gasteiger partial charge in [0.25, 0.3) is 17.7 Å². The first-order chi connectivity index (χ1) is 32.4. The van der Waals surface area contributed by atoms with Crippen LogP contribution in [0.25, 0.3) is 21.8 Å². The summed E-state index contributed by atoms with van der Waals surface area (Å²) in [6, 6.07) is 14.2. The van der Waals surface area contributed by atoms with Crippen molar-refractivity contribution < 1.29 is 60.5 Å². The average molecular weight is 939 g/mol. The van der Waals surface area contributed by atoms with E-state index in [-0.39, 0.29) is 94.8 Å². The van der Waals surface area contributed by atoms with Crippen molar-refractivity contribution in [2.75, 3.05) is 37.0 Å². The molecule has 3 aliphatic heterocycles. The highest BCUT2D eigenvalue weighted by Crippen LogP contribution is 2.38. The Morgan fingerprint density at radius 3 is 2.46 bits per heavy atom. The number of fused-ring (bicyclic) bond motifs is 3. The van der Waals surface area contributed by atoms with Crippen LogP contribution in [0.4, 0.5) is 28.9 Å². The molecule has 4 aromatic carbocycles. The fourth-order valence-corrected chi connectivity index (χ4v) is 8.41. The van der Waals surface area contributed by atoms with Gasteiger partial charge in [-0.15, -0.1) is 13.2 Å². The van der Waals surface area contributed by atoms with Crippen LogP contribution in [0.2, 0.25) is 0 Å². The molecule has 9 rings (SSSR count). The van der Waals surface area contributed by atoms with Crippen molar-refractivity contribution >= 4 is 62.7 Å². The van der Waals surface area contributed by atoms with Gasteiger partial charge < -0.3 is 43.9 Å². The number of rotatable bonds is 12. The zero-order valence-corrected chi connectivity index (χ0v) is 36.2. The van der Waals surface area contributed by atoms with Gasteiger partial charge in [0.2, 0.25) is 23.1 Å². The number of anilines is 2. The van der Waals surface area contributed by atoms with E-state index in [4.69, 9.17) is 14.2 Å². The number of aromatic nitrogens is 3. The normalized spacial score (nSPS) is 16.0. The molecule has 2 aromatic heterocycles. The number of carbonyl (C=O) groups excluding carboxylic acids is 5. The second-order valence-corrected chi connectivity index (χ2v) is 16.2. The second-order valence-electron chi connectivity index (χ2n) is 16.2. The van der Waals surface area contributed by atoms with Gasteiger partial charge in [0.05, 0.1) is 35.0 Å². The maximum Gasteiger partial charge on any atom is 0.573 e. The Morgan fingerprint density at radius 1 is 0.926 bits per heavy atom. The third kappa shape index (κ3) is 8.74. The molecule has 0 spiro atoms. The number of ether oxygens (including phenoxy) is 4. The van der Waals surface area contributed by atoms with E-state index >= 15 is 4.39 Å². The minimum absolute atomic E-state index is 0.0651. The SMILES string of the molecule is COc1cc2c(Oc3ccc(NC(=O)c4c(C)n(C)c5ccc(OC(F)(F)F)cc5c4=O)cc3F)ncnc2cc1OCC(=O)NC1CN(c2ccc3c(c2)CN(C2CCC(=O)NC2=O)C3=O)C1. The van der Waals surface area contributed by atoms with Gasteiger partial charge in [-0.25, -0.2) is 14.4 Å². The Bertz CT molecular complexity index is 3170. The molecular formula is C46H38F4N8O10. The standard InChI is InChI=1S/C46H38F4N8O10/c1-22-40(41(61)30-14-27(68-46(48,49)50)6-8-33(30)56(22)2)43(63)54-24-4-10-35(31(47)13-24)67-44-29-15-36(65-3)37(16-32(29)51-21-52-44)66-20-39(60)53-25-18-57(19-25)26-5-7-28-23(12-26)17-58(45(28)64)34-9-11-38(59)55-42(34)62/h4-8,10,12-16,21,25,34H,9,11,17-20H2,1-3H3,(H,53,60)(H,54,63)(H,55,59,62). The van der Waals surface area contributed by atoms with Crippen LogP contribution in [0.15, 0.2) is 77.9 Å². The van der Waals surface area contributed by atoms with Crippen LogP contribution < -0.4 is 45.2 Å². The number of imide groups is 1. The summed E-state index contributed by atoms with van der Waals surface area (Å²) < 4.78 is 76.8. The highest BCUT2D eigenvalue weighted by molar-refractivity contribution is 6.07. The maximum atomic E-state index is 15.6. The minimum Gasteiger partial charge on any atom is -0.493 e. The molecule has 0 saturated carbocycles. The molecule has 5 heterocycles. The van der Waals surface area contributed by atoms with Crippen molar-refractivity contribution in [3.63, 3.8) is 0 Å². The third-order valence-electron chi connectivity index (χ3n) is 11.9. The quantitative estimate of drug-likeness (QED) is 0.109. The molecule has 0 bridgehead atoms. The molecule has 0 aliphatic carbocycles. The molecule has 6 aromatic rings. The molecule has 68 heavy (non-hydrogen) atoms. The first kappa shape index (κ1) is 44.9. The lowest BCUT2D eigenvalue weighted by Gasteiger charge is -2.41. The van der Waals surface area contributed by atoms with Crippen LogP contribution in [0.3, 0.4) is 0 Å². The van der Waals surface area contributed by atoms with Crippen molar-refractivity contribution in [3.8, 4) is 28.9 Å². The summed E-state index contributed by atoms with van der Waals surface area (Å²) in [7, 11) is 2.91. The van der Waals surface area contributed by atoms with E-state index in [0.29, 0.717) is 29.6 Å². The van der Waals surface area contributed by atoms with E-state index in [0.717, 1.165) is 29.4 Å². The highest BCUT2D eigenvalue weighted by Gasteiger charge is 2.40. The van der Waals surface area contributed by atoms with Crippen LogP contribution in [-0.2, 0) is 28.0 Å². The lowest BCUT2D eigenvalue weighted by Crippen LogP contribution is -2.60. The number of amides is 5. The molecule has 22 heteroatoms. The Morgan fingerprint density at radius 2 is 1.72 bits per heavy atom. The number of benzene rings is 4. The van der Waals surface area contributed by atoms with Crippen LogP contribution in [0.1, 0.15) is 44.8 Å². The van der Waals surface area contributed by atoms with Crippen molar-refractivity contribution in [1.29, 1.82) is 0 Å². The number of nitrogens with one attached hydrogen (secondary N) is 3. The fraction of sp³-hybridized carbons (Fsp3) is 0.261. The lowest BCUT2D eigenvalue weighted by molar-refractivity contribution is -0.274. The number of methoxy groups -OCH3 is 1. The average Bonchev–Trinajstić information content (AvgIpc) is 3.60. The number of pyridine rings is 1. The van der Waals surface area contributed by atoms with Crippen LogP contribution >= 0.6 is 0 Å². The Kier molecular flexibility index (Phi) is 11.5. The van der Waals surface area contributed by atoms with Crippen molar-refractivity contribution in [3.05, 3.63) is 111 Å². The number of nitrogens with zero attached hydrogens (tertiary/aromatic N) is 5. The van der Waals surface area contributed by atoms with E-state index in [1.807, 2.05) is 17.0 Å². The van der Waals surface area contributed by atoms with Crippen LogP contribution in [0.5, 0.6) is 28.9 Å². The maximum absolute atomic E-state index is 15.6. The van der Waals surface area contributed by atoms with Crippen molar-refractivity contribution in [1.82, 2.24) is 30.1 Å². The van der Waals surface area contributed by atoms with Gasteiger partial charge in [0.1, 0.15) is 23.7 Å². The van der Waals surface area contributed by atoms with Gasteiger partial charge in [-0.1, -0.05) is 0 Å². The smallest absolute Gasteiger partial charge is 0.493 e. The first-order valence-corrected chi connectivity index (χ1v) is 20.9. The Balaban J connectivity index is 0.812. The predicted octanol–water partition coefficient (Wildman–Crippen LogP) is 5.03. The predicted molar refractivity (Wildman–Crippen MR) is 233 cm³/mol. The van der Waals surface area contributed by atoms with Gasteiger partial charge in [-0.3, -0.25) is 34.1 Å². The number of halogens is 4. The number of hydrogen-bond acceptors (Lipinski definition) is 13. The molecular weight excluding hydrogens is 901 g/mol. The summed E-state index contributed by atoms with van der Waals surface area (Å²) in [4.78, 5) is 88.9. The van der Waals surface area contributed by atoms with Gasteiger partial charge in [-0.2, -0.15) is 0 Å². The van der Waals surface area contributed by atoms with Crippen LogP contribution in [-0.4, -0.2) is 94.2 Å². The summed E-state index contributed by atoms with van der Waals surface area (Å²) in [5, 5.41) is 7.78. The summed E-state index contributed by atoms with van der Waals surface area (Å²) in [5.41, 5.74) is 1.58. The number of piperidine rings is 1. The van der Waals surface area contributed by atoms with Crippen molar-refractivity contribution in [2.45, 2.75) is 44.8 Å². The topological polar surface area (TPSA) is 213 Å². The minimum atomic E-state index is -5.01. The van der Waals surface area contributed by atoms with Crippen LogP contribution in [0, 0.1) is 12.7 Å². The van der Waals surface area contributed by atoms with Gasteiger partial charge in [-0.05, 0) is 73.5 Å². The van der Waals surface area contributed by atoms with E-state index in [1.54, 1.807) is 6.07 Å². The van der Waals surface area contributed by atoms with E-state index < -0.39 is 47.1 Å². The molecule has 3 aliphatic rings. The van der Waals surface area contributed by atoms with Gasteiger partial charge in [0, 0.05) is 67.9 Å². The zero-order chi connectivity index (χ0) is 48.2. The second kappa shape index (κ2) is 17.5. The number of aryl methyl sites for hydroxylation is 1. The third-order valence-corrected chi connectivity index (χ3v) is 11.9. The van der Waals surface area contributed by atoms with Gasteiger partial charge >= 0.3 is 6.36 Å². The van der Waals surface area contributed by atoms with E-state index in [2.05, 4.69) is 30.7 Å². The highest BCUT2D eigenvalue weighted by atomic mass is 19.4. The summed E-state index contributed by atoms with van der Waals surface area (Å²) in [6.45, 7) is 2.35. The zero-order valence-electron chi connectivity index (χ0n) is 36.2. The number of alkyl halides is 3. The molecule has 5 amide bonds. The molecule has 2 fully saturated rings. The molecule has 3 N–H and O–H groups in total. The molecule has 0 radical (unpaired) electrons. The number of hydrogen-bond donors (Lipinski definition) is 3. The number of carbonyl (C=O) groups is 5. The first-order valence-electron chi connectivity index (χ1n) is 20.9. The summed E-state index contributed by atoms with van der Waals surface area (Å²) in [5.74, 6) is -4.02. The lowest BCUT2D eigenvalue weighted by atomic mass is 10.0. The monoisotopic (exact) mass is 938 g/mol. The molecule has 1 unspecified atom stereocenters. The fourth-order valence-electron chi connectivity index (χ4n) is 8.41. The largest absolute Gasteiger partial charge is 0.573 e. The molecule has 2 saturated heterocycles. The molecule has 18 nitrogen and oxygen atoms in total. The van der Waals surface area contributed by atoms with E-state index in [9.17, 15) is 41.9 Å². The van der Waals surface area contributed by atoms with E-state index in [1.165, 1.54) is 67.2 Å². The Labute approximate surface area is 381 Å². The Hall–Kier alpha value is -8.30.